The van der Waals surface area contributed by atoms with Gasteiger partial charge in [0.2, 0.25) is 5.91 Å². The van der Waals surface area contributed by atoms with Gasteiger partial charge in [-0.1, -0.05) is 48.0 Å². The van der Waals surface area contributed by atoms with Gasteiger partial charge in [-0.05, 0) is 55.3 Å². The number of hydrogen-bond acceptors (Lipinski definition) is 2. The van der Waals surface area contributed by atoms with E-state index in [0.717, 1.165) is 23.6 Å². The minimum absolute atomic E-state index is 0.0114. The quantitative estimate of drug-likeness (QED) is 0.660. The summed E-state index contributed by atoms with van der Waals surface area (Å²) in [5.41, 5.74) is 3.17. The zero-order valence-electron chi connectivity index (χ0n) is 14.2. The van der Waals surface area contributed by atoms with Crippen LogP contribution in [0.5, 0.6) is 11.5 Å². The highest BCUT2D eigenvalue weighted by Gasteiger charge is 2.04. The molecule has 0 aliphatic heterocycles. The standard InChI is InChI=1S/C22H21NO2/c1-17-7-9-18(10-8-17)11-16-22(24)23-19-12-14-21(15-13-19)25-20-5-3-2-4-6-20/h2-10,12-15H,11,16H2,1H3,(H,23,24). The predicted molar refractivity (Wildman–Crippen MR) is 101 cm³/mol. The van der Waals surface area contributed by atoms with Gasteiger partial charge in [0.1, 0.15) is 11.5 Å². The first-order chi connectivity index (χ1) is 12.2. The van der Waals surface area contributed by atoms with E-state index in [1.165, 1.54) is 11.1 Å². The van der Waals surface area contributed by atoms with Crippen molar-refractivity contribution in [3.05, 3.63) is 90.0 Å². The van der Waals surface area contributed by atoms with E-state index >= 15 is 0 Å². The highest BCUT2D eigenvalue weighted by Crippen LogP contribution is 2.22. The number of amides is 1. The smallest absolute Gasteiger partial charge is 0.224 e. The van der Waals surface area contributed by atoms with Crippen molar-refractivity contribution in [3.63, 3.8) is 0 Å². The fourth-order valence-corrected chi connectivity index (χ4v) is 2.47. The van der Waals surface area contributed by atoms with Gasteiger partial charge >= 0.3 is 0 Å². The van der Waals surface area contributed by atoms with Crippen LogP contribution < -0.4 is 10.1 Å². The van der Waals surface area contributed by atoms with Gasteiger partial charge in [0.05, 0.1) is 0 Å². The molecule has 3 aromatic carbocycles. The summed E-state index contributed by atoms with van der Waals surface area (Å²) >= 11 is 0. The average molecular weight is 331 g/mol. The molecule has 3 aromatic rings. The Morgan fingerprint density at radius 3 is 2.16 bits per heavy atom. The van der Waals surface area contributed by atoms with E-state index in [-0.39, 0.29) is 5.91 Å². The molecular weight excluding hydrogens is 310 g/mol. The zero-order chi connectivity index (χ0) is 17.5. The van der Waals surface area contributed by atoms with Crippen molar-refractivity contribution in [1.82, 2.24) is 0 Å². The minimum Gasteiger partial charge on any atom is -0.457 e. The molecule has 0 atom stereocenters. The Hall–Kier alpha value is -3.07. The molecule has 0 spiro atoms. The fourth-order valence-electron chi connectivity index (χ4n) is 2.47. The zero-order valence-corrected chi connectivity index (χ0v) is 14.2. The second-order valence-corrected chi connectivity index (χ2v) is 5.97. The van der Waals surface area contributed by atoms with Crippen LogP contribution in [0.25, 0.3) is 0 Å². The monoisotopic (exact) mass is 331 g/mol. The van der Waals surface area contributed by atoms with Crippen molar-refractivity contribution in [2.75, 3.05) is 5.32 Å². The van der Waals surface area contributed by atoms with Crippen LogP contribution in [0.4, 0.5) is 5.69 Å². The third-order valence-electron chi connectivity index (χ3n) is 3.88. The molecule has 3 rings (SSSR count). The summed E-state index contributed by atoms with van der Waals surface area (Å²) < 4.78 is 5.74. The van der Waals surface area contributed by atoms with Gasteiger partial charge in [-0.15, -0.1) is 0 Å². The van der Waals surface area contributed by atoms with Gasteiger partial charge in [0, 0.05) is 12.1 Å². The van der Waals surface area contributed by atoms with Crippen molar-refractivity contribution in [2.24, 2.45) is 0 Å². The molecule has 0 aliphatic carbocycles. The van der Waals surface area contributed by atoms with Crippen molar-refractivity contribution >= 4 is 11.6 Å². The van der Waals surface area contributed by atoms with E-state index in [0.29, 0.717) is 6.42 Å². The first-order valence-corrected chi connectivity index (χ1v) is 8.37. The predicted octanol–water partition coefficient (Wildman–Crippen LogP) is 5.36. The molecule has 0 radical (unpaired) electrons. The summed E-state index contributed by atoms with van der Waals surface area (Å²) in [6, 6.07) is 25.3. The number of carbonyl (C=O) groups is 1. The molecule has 3 nitrogen and oxygen atoms in total. The molecule has 25 heavy (non-hydrogen) atoms. The molecule has 0 aromatic heterocycles. The maximum absolute atomic E-state index is 12.1. The van der Waals surface area contributed by atoms with Crippen LogP contribution in [-0.4, -0.2) is 5.91 Å². The number of para-hydroxylation sites is 1. The molecule has 1 N–H and O–H groups in total. The Labute approximate surface area is 148 Å². The van der Waals surface area contributed by atoms with Crippen LogP contribution in [0.15, 0.2) is 78.9 Å². The summed E-state index contributed by atoms with van der Waals surface area (Å²) in [6.07, 6.45) is 1.20. The highest BCUT2D eigenvalue weighted by molar-refractivity contribution is 5.90. The van der Waals surface area contributed by atoms with Gasteiger partial charge < -0.3 is 10.1 Å². The largest absolute Gasteiger partial charge is 0.457 e. The Morgan fingerprint density at radius 2 is 1.48 bits per heavy atom. The van der Waals surface area contributed by atoms with E-state index in [1.807, 2.05) is 54.6 Å². The van der Waals surface area contributed by atoms with Crippen LogP contribution in [-0.2, 0) is 11.2 Å². The summed E-state index contributed by atoms with van der Waals surface area (Å²) in [5, 5.41) is 2.92. The molecule has 0 saturated heterocycles. The average Bonchev–Trinajstić information content (AvgIpc) is 2.64. The Morgan fingerprint density at radius 1 is 0.840 bits per heavy atom. The van der Waals surface area contributed by atoms with E-state index in [2.05, 4.69) is 36.5 Å². The van der Waals surface area contributed by atoms with Gasteiger partial charge in [-0.2, -0.15) is 0 Å². The molecule has 1 amide bonds. The third-order valence-corrected chi connectivity index (χ3v) is 3.88. The van der Waals surface area contributed by atoms with Gasteiger partial charge in [-0.3, -0.25) is 4.79 Å². The first-order valence-electron chi connectivity index (χ1n) is 8.37. The second-order valence-electron chi connectivity index (χ2n) is 5.97. The number of aryl methyl sites for hydroxylation is 2. The van der Waals surface area contributed by atoms with Crippen molar-refractivity contribution in [1.29, 1.82) is 0 Å². The molecule has 0 bridgehead atoms. The van der Waals surface area contributed by atoms with Gasteiger partial charge in [0.15, 0.2) is 0 Å². The van der Waals surface area contributed by atoms with Crippen molar-refractivity contribution in [2.45, 2.75) is 19.8 Å². The normalized spacial score (nSPS) is 10.3. The molecule has 3 heteroatoms. The van der Waals surface area contributed by atoms with Crippen LogP contribution in [0.2, 0.25) is 0 Å². The maximum atomic E-state index is 12.1. The number of ether oxygens (including phenoxy) is 1. The van der Waals surface area contributed by atoms with Crippen LogP contribution in [0.3, 0.4) is 0 Å². The van der Waals surface area contributed by atoms with Crippen molar-refractivity contribution < 1.29 is 9.53 Å². The highest BCUT2D eigenvalue weighted by atomic mass is 16.5. The lowest BCUT2D eigenvalue weighted by molar-refractivity contribution is -0.116. The molecule has 0 saturated carbocycles. The van der Waals surface area contributed by atoms with Gasteiger partial charge in [-0.25, -0.2) is 0 Å². The number of rotatable bonds is 6. The Bertz CT molecular complexity index is 809. The Kier molecular flexibility index (Phi) is 5.47. The van der Waals surface area contributed by atoms with E-state index in [1.54, 1.807) is 0 Å². The number of hydrogen-bond donors (Lipinski definition) is 1. The first kappa shape index (κ1) is 16.8. The van der Waals surface area contributed by atoms with Crippen LogP contribution >= 0.6 is 0 Å². The van der Waals surface area contributed by atoms with E-state index < -0.39 is 0 Å². The topological polar surface area (TPSA) is 38.3 Å². The summed E-state index contributed by atoms with van der Waals surface area (Å²) in [5.74, 6) is 1.54. The minimum atomic E-state index is 0.0114. The molecule has 0 unspecified atom stereocenters. The molecule has 0 fully saturated rings. The SMILES string of the molecule is Cc1ccc(CCC(=O)Nc2ccc(Oc3ccccc3)cc2)cc1. The molecule has 126 valence electrons. The second kappa shape index (κ2) is 8.15. The fraction of sp³-hybridized carbons (Fsp3) is 0.136. The Balaban J connectivity index is 1.50. The summed E-state index contributed by atoms with van der Waals surface area (Å²) in [4.78, 5) is 12.1. The number of benzene rings is 3. The van der Waals surface area contributed by atoms with Crippen molar-refractivity contribution in [3.8, 4) is 11.5 Å². The summed E-state index contributed by atoms with van der Waals surface area (Å²) in [7, 11) is 0. The number of nitrogens with one attached hydrogen (secondary N) is 1. The third kappa shape index (κ3) is 5.21. The molecule has 0 heterocycles. The van der Waals surface area contributed by atoms with E-state index in [9.17, 15) is 4.79 Å². The van der Waals surface area contributed by atoms with Gasteiger partial charge in [0.25, 0.3) is 0 Å². The number of carbonyl (C=O) groups excluding carboxylic acids is 1. The lowest BCUT2D eigenvalue weighted by atomic mass is 10.1. The summed E-state index contributed by atoms with van der Waals surface area (Å²) in [6.45, 7) is 2.06. The van der Waals surface area contributed by atoms with Crippen LogP contribution in [0, 0.1) is 6.92 Å². The maximum Gasteiger partial charge on any atom is 0.224 e. The lowest BCUT2D eigenvalue weighted by Gasteiger charge is -2.08. The van der Waals surface area contributed by atoms with Crippen LogP contribution in [0.1, 0.15) is 17.5 Å². The lowest BCUT2D eigenvalue weighted by Crippen LogP contribution is -2.12. The molecular formula is C22H21NO2. The number of anilines is 1. The molecule has 0 aliphatic rings. The van der Waals surface area contributed by atoms with E-state index in [4.69, 9.17) is 4.74 Å².